The van der Waals surface area contributed by atoms with E-state index in [1.807, 2.05) is 20.0 Å². The summed E-state index contributed by atoms with van der Waals surface area (Å²) >= 11 is 0. The van der Waals surface area contributed by atoms with Gasteiger partial charge in [0, 0.05) is 6.61 Å². The lowest BCUT2D eigenvalue weighted by molar-refractivity contribution is 0.156. The molecular formula is C9H19O2Si. The van der Waals surface area contributed by atoms with Crippen molar-refractivity contribution in [2.75, 3.05) is 13.2 Å². The Bertz CT molecular complexity index is 138. The van der Waals surface area contributed by atoms with Crippen molar-refractivity contribution in [1.82, 2.24) is 0 Å². The Kier molecular flexibility index (Phi) is 5.45. The molecule has 2 nitrogen and oxygen atoms in total. The molecule has 0 fully saturated rings. The van der Waals surface area contributed by atoms with Gasteiger partial charge in [0.15, 0.2) is 0 Å². The maximum Gasteiger partial charge on any atom is 0.231 e. The molecule has 0 atom stereocenters. The Labute approximate surface area is 76.4 Å². The number of rotatable bonds is 6. The normalized spacial score (nSPS) is 11.7. The van der Waals surface area contributed by atoms with Gasteiger partial charge in [-0.3, -0.25) is 4.80 Å². The van der Waals surface area contributed by atoms with Crippen molar-refractivity contribution in [3.05, 3.63) is 12.2 Å². The van der Waals surface area contributed by atoms with Crippen molar-refractivity contribution in [2.45, 2.75) is 32.5 Å². The standard InChI is InChI=1S/C9H19O2Si/c1-9(2)8-11-6-5-7-12(3,4)10/h1,5-8H2,2-4H3. The second-order valence-electron chi connectivity index (χ2n) is 3.87. The molecule has 0 aromatic rings. The molecule has 0 heterocycles. The van der Waals surface area contributed by atoms with Crippen LogP contribution in [0.5, 0.6) is 0 Å². The highest BCUT2D eigenvalue weighted by atomic mass is 28.4. The quantitative estimate of drug-likeness (QED) is 0.357. The van der Waals surface area contributed by atoms with Crippen LogP contribution in [0.1, 0.15) is 13.3 Å². The maximum atomic E-state index is 11.3. The van der Waals surface area contributed by atoms with E-state index in [4.69, 9.17) is 4.74 Å². The minimum Gasteiger partial charge on any atom is -0.377 e. The van der Waals surface area contributed by atoms with Gasteiger partial charge >= 0.3 is 0 Å². The van der Waals surface area contributed by atoms with E-state index in [-0.39, 0.29) is 0 Å². The van der Waals surface area contributed by atoms with Gasteiger partial charge < -0.3 is 4.74 Å². The fourth-order valence-electron chi connectivity index (χ4n) is 0.846. The third kappa shape index (κ3) is 9.88. The number of ether oxygens (including phenoxy) is 1. The summed E-state index contributed by atoms with van der Waals surface area (Å²) in [5.41, 5.74) is 1.04. The van der Waals surface area contributed by atoms with Crippen molar-refractivity contribution in [3.8, 4) is 0 Å². The third-order valence-corrected chi connectivity index (χ3v) is 2.97. The van der Waals surface area contributed by atoms with Gasteiger partial charge in [-0.05, 0) is 32.5 Å². The summed E-state index contributed by atoms with van der Waals surface area (Å²) in [6.07, 6.45) is 0.899. The molecule has 0 spiro atoms. The smallest absolute Gasteiger partial charge is 0.231 e. The van der Waals surface area contributed by atoms with Crippen LogP contribution in [0.3, 0.4) is 0 Å². The lowest BCUT2D eigenvalue weighted by atomic mass is 10.4. The predicted octanol–water partition coefficient (Wildman–Crippen LogP) is 2.60. The largest absolute Gasteiger partial charge is 0.377 e. The summed E-state index contributed by atoms with van der Waals surface area (Å²) < 4.78 is 5.27. The molecule has 1 radical (unpaired) electrons. The number of hydrogen-bond acceptors (Lipinski definition) is 1. The lowest BCUT2D eigenvalue weighted by Gasteiger charge is -2.10. The Morgan fingerprint density at radius 1 is 1.50 bits per heavy atom. The summed E-state index contributed by atoms with van der Waals surface area (Å²) in [4.78, 5) is 11.3. The second kappa shape index (κ2) is 5.51. The van der Waals surface area contributed by atoms with Crippen molar-refractivity contribution in [2.24, 2.45) is 0 Å². The van der Waals surface area contributed by atoms with Crippen LogP contribution in [0.25, 0.3) is 0 Å². The van der Waals surface area contributed by atoms with Gasteiger partial charge in [0.05, 0.1) is 6.61 Å². The van der Waals surface area contributed by atoms with Crippen LogP contribution in [0.4, 0.5) is 0 Å². The molecular weight excluding hydrogens is 168 g/mol. The first-order valence-electron chi connectivity index (χ1n) is 4.34. The van der Waals surface area contributed by atoms with E-state index in [0.29, 0.717) is 13.2 Å². The molecule has 0 aromatic carbocycles. The average molecular weight is 187 g/mol. The zero-order chi connectivity index (χ0) is 9.61. The Balaban J connectivity index is 3.17. The first kappa shape index (κ1) is 11.9. The molecule has 0 amide bonds. The predicted molar refractivity (Wildman–Crippen MR) is 53.2 cm³/mol. The molecule has 0 saturated carbocycles. The van der Waals surface area contributed by atoms with Gasteiger partial charge in [-0.25, -0.2) is 0 Å². The summed E-state index contributed by atoms with van der Waals surface area (Å²) in [7, 11) is -2.09. The maximum absolute atomic E-state index is 11.3. The van der Waals surface area contributed by atoms with E-state index < -0.39 is 8.32 Å². The SMILES string of the molecule is C=C(C)COCCC[Si](C)(C)[O]. The van der Waals surface area contributed by atoms with Crippen LogP contribution in [0.15, 0.2) is 12.2 Å². The highest BCUT2D eigenvalue weighted by molar-refractivity contribution is 6.69. The molecule has 0 bridgehead atoms. The molecule has 12 heavy (non-hydrogen) atoms. The van der Waals surface area contributed by atoms with Gasteiger partial charge in [0.2, 0.25) is 8.32 Å². The van der Waals surface area contributed by atoms with Crippen LogP contribution < -0.4 is 0 Å². The van der Waals surface area contributed by atoms with Gasteiger partial charge in [-0.15, -0.1) is 0 Å². The van der Waals surface area contributed by atoms with Gasteiger partial charge in [-0.2, -0.15) is 0 Å². The molecule has 0 rings (SSSR count). The highest BCUT2D eigenvalue weighted by Crippen LogP contribution is 2.08. The monoisotopic (exact) mass is 187 g/mol. The van der Waals surface area contributed by atoms with Crippen LogP contribution in [0, 0.1) is 0 Å². The molecule has 0 saturated heterocycles. The molecule has 0 unspecified atom stereocenters. The van der Waals surface area contributed by atoms with Gasteiger partial charge in [0.25, 0.3) is 0 Å². The zero-order valence-corrected chi connectivity index (χ0v) is 9.35. The minimum atomic E-state index is -2.09. The van der Waals surface area contributed by atoms with Crippen LogP contribution in [-0.4, -0.2) is 21.5 Å². The third-order valence-electron chi connectivity index (χ3n) is 1.42. The molecule has 0 aliphatic rings. The Morgan fingerprint density at radius 3 is 2.50 bits per heavy atom. The van der Waals surface area contributed by atoms with Crippen LogP contribution >= 0.6 is 0 Å². The minimum absolute atomic E-state index is 0.626. The number of hydrogen-bond donors (Lipinski definition) is 0. The van der Waals surface area contributed by atoms with E-state index in [9.17, 15) is 4.80 Å². The molecule has 0 aromatic heterocycles. The van der Waals surface area contributed by atoms with Crippen molar-refractivity contribution < 1.29 is 9.53 Å². The highest BCUT2D eigenvalue weighted by Gasteiger charge is 2.18. The molecule has 0 aliphatic carbocycles. The summed E-state index contributed by atoms with van der Waals surface area (Å²) in [5, 5.41) is 0. The fourth-order valence-corrected chi connectivity index (χ4v) is 1.84. The van der Waals surface area contributed by atoms with E-state index in [1.165, 1.54) is 0 Å². The van der Waals surface area contributed by atoms with E-state index in [2.05, 4.69) is 6.58 Å². The Morgan fingerprint density at radius 2 is 2.08 bits per heavy atom. The Hall–Kier alpha value is -0.123. The first-order chi connectivity index (χ1) is 5.42. The molecule has 71 valence electrons. The van der Waals surface area contributed by atoms with Gasteiger partial charge in [-0.1, -0.05) is 12.2 Å². The van der Waals surface area contributed by atoms with E-state index >= 15 is 0 Å². The first-order valence-corrected chi connectivity index (χ1v) is 7.46. The van der Waals surface area contributed by atoms with E-state index in [0.717, 1.165) is 18.0 Å². The lowest BCUT2D eigenvalue weighted by Crippen LogP contribution is -2.22. The van der Waals surface area contributed by atoms with E-state index in [1.54, 1.807) is 0 Å². The van der Waals surface area contributed by atoms with Crippen molar-refractivity contribution in [1.29, 1.82) is 0 Å². The molecule has 3 heteroatoms. The van der Waals surface area contributed by atoms with Gasteiger partial charge in [0.1, 0.15) is 0 Å². The van der Waals surface area contributed by atoms with Crippen molar-refractivity contribution >= 4 is 8.32 Å². The summed E-state index contributed by atoms with van der Waals surface area (Å²) in [6, 6.07) is 0.809. The average Bonchev–Trinajstić information content (AvgIpc) is 1.83. The molecule has 0 aliphatic heterocycles. The summed E-state index contributed by atoms with van der Waals surface area (Å²) in [6.45, 7) is 10.7. The van der Waals surface area contributed by atoms with Crippen molar-refractivity contribution in [3.63, 3.8) is 0 Å². The second-order valence-corrected chi connectivity index (χ2v) is 7.89. The fraction of sp³-hybridized carbons (Fsp3) is 0.778. The topological polar surface area (TPSA) is 29.1 Å². The molecule has 0 N–H and O–H groups in total. The van der Waals surface area contributed by atoms with Crippen LogP contribution in [0.2, 0.25) is 19.1 Å². The summed E-state index contributed by atoms with van der Waals surface area (Å²) in [5.74, 6) is 0. The zero-order valence-electron chi connectivity index (χ0n) is 8.35. The van der Waals surface area contributed by atoms with Crippen LogP contribution in [-0.2, 0) is 9.53 Å².